The van der Waals surface area contributed by atoms with Crippen molar-refractivity contribution in [2.75, 3.05) is 5.32 Å². The summed E-state index contributed by atoms with van der Waals surface area (Å²) >= 11 is 3.52. The first-order valence-electron chi connectivity index (χ1n) is 5.80. The van der Waals surface area contributed by atoms with Crippen molar-refractivity contribution in [3.05, 3.63) is 45.1 Å². The average Bonchev–Trinajstić information content (AvgIpc) is 2.39. The third-order valence-corrected chi connectivity index (χ3v) is 4.06. The third-order valence-electron chi connectivity index (χ3n) is 3.01. The Balaban J connectivity index is 2.48. The van der Waals surface area contributed by atoms with E-state index < -0.39 is 0 Å². The van der Waals surface area contributed by atoms with E-state index in [1.54, 1.807) is 0 Å². The van der Waals surface area contributed by atoms with Crippen molar-refractivity contribution in [3.63, 3.8) is 0 Å². The number of hydrogen-bond acceptors (Lipinski definition) is 4. The zero-order valence-corrected chi connectivity index (χ0v) is 12.5. The number of aromatic nitrogens is 2. The van der Waals surface area contributed by atoms with E-state index in [4.69, 9.17) is 0 Å². The quantitative estimate of drug-likeness (QED) is 0.915. The van der Waals surface area contributed by atoms with Crippen LogP contribution in [0.2, 0.25) is 0 Å². The van der Waals surface area contributed by atoms with Gasteiger partial charge in [0.25, 0.3) is 0 Å². The molecule has 0 unspecified atom stereocenters. The first-order chi connectivity index (χ1) is 9.04. The zero-order chi connectivity index (χ0) is 14.0. The molecule has 1 aromatic carbocycles. The van der Waals surface area contributed by atoms with Crippen molar-refractivity contribution >= 4 is 27.4 Å². The number of hydrogen-bond donors (Lipinski definition) is 1. The van der Waals surface area contributed by atoms with Crippen molar-refractivity contribution in [2.45, 2.75) is 20.8 Å². The van der Waals surface area contributed by atoms with E-state index in [0.717, 1.165) is 27.0 Å². The van der Waals surface area contributed by atoms with E-state index in [1.165, 1.54) is 0 Å². The maximum atomic E-state index is 9.26. The molecule has 4 nitrogen and oxygen atoms in total. The van der Waals surface area contributed by atoms with Crippen molar-refractivity contribution in [1.29, 1.82) is 5.26 Å². The fraction of sp³-hybridized carbons (Fsp3) is 0.214. The van der Waals surface area contributed by atoms with Crippen LogP contribution in [0.4, 0.5) is 11.5 Å². The summed E-state index contributed by atoms with van der Waals surface area (Å²) < 4.78 is 0.957. The van der Waals surface area contributed by atoms with Crippen LogP contribution in [0.25, 0.3) is 0 Å². The molecule has 0 spiro atoms. The molecule has 1 N–H and O–H groups in total. The molecule has 0 fully saturated rings. The Hall–Kier alpha value is -1.93. The summed E-state index contributed by atoms with van der Waals surface area (Å²) in [6.07, 6.45) is 0. The van der Waals surface area contributed by atoms with Gasteiger partial charge < -0.3 is 5.32 Å². The summed E-state index contributed by atoms with van der Waals surface area (Å²) in [5.74, 6) is 0.483. The van der Waals surface area contributed by atoms with Crippen LogP contribution in [0.3, 0.4) is 0 Å². The van der Waals surface area contributed by atoms with Gasteiger partial charge in [0.15, 0.2) is 5.82 Å². The smallest absolute Gasteiger partial charge is 0.171 e. The third kappa shape index (κ3) is 2.59. The van der Waals surface area contributed by atoms with Crippen molar-refractivity contribution in [1.82, 2.24) is 10.2 Å². The van der Waals surface area contributed by atoms with E-state index in [-0.39, 0.29) is 0 Å². The van der Waals surface area contributed by atoms with Gasteiger partial charge in [-0.15, -0.1) is 5.10 Å². The number of benzene rings is 1. The highest BCUT2D eigenvalue weighted by Crippen LogP contribution is 2.29. The maximum absolute atomic E-state index is 9.26. The minimum Gasteiger partial charge on any atom is -0.337 e. The molecule has 2 aromatic rings. The summed E-state index contributed by atoms with van der Waals surface area (Å²) in [4.78, 5) is 0. The van der Waals surface area contributed by atoms with E-state index in [2.05, 4.69) is 37.5 Å². The van der Waals surface area contributed by atoms with Crippen LogP contribution in [0.5, 0.6) is 0 Å². The largest absolute Gasteiger partial charge is 0.337 e. The molecule has 0 saturated carbocycles. The van der Waals surface area contributed by atoms with Gasteiger partial charge in [-0.3, -0.25) is 0 Å². The van der Waals surface area contributed by atoms with Gasteiger partial charge in [0.05, 0.1) is 11.4 Å². The number of nitriles is 1. The Morgan fingerprint density at radius 1 is 1.21 bits per heavy atom. The number of rotatable bonds is 2. The predicted molar refractivity (Wildman–Crippen MR) is 78.4 cm³/mol. The van der Waals surface area contributed by atoms with Gasteiger partial charge >= 0.3 is 0 Å². The Labute approximate surface area is 120 Å². The van der Waals surface area contributed by atoms with Gasteiger partial charge in [-0.2, -0.15) is 10.4 Å². The molecule has 96 valence electrons. The Kier molecular flexibility index (Phi) is 3.82. The highest BCUT2D eigenvalue weighted by Gasteiger charge is 2.12. The fourth-order valence-electron chi connectivity index (χ4n) is 1.70. The minimum atomic E-state index is 0.483. The van der Waals surface area contributed by atoms with E-state index in [9.17, 15) is 5.26 Å². The Morgan fingerprint density at radius 2 is 1.95 bits per heavy atom. The molecule has 19 heavy (non-hydrogen) atoms. The topological polar surface area (TPSA) is 61.6 Å². The lowest BCUT2D eigenvalue weighted by Crippen LogP contribution is -2.04. The van der Waals surface area contributed by atoms with Crippen LogP contribution in [0, 0.1) is 32.1 Å². The van der Waals surface area contributed by atoms with E-state index in [1.807, 2.05) is 39.0 Å². The maximum Gasteiger partial charge on any atom is 0.171 e. The second-order valence-corrected chi connectivity index (χ2v) is 5.10. The van der Waals surface area contributed by atoms with Gasteiger partial charge in [-0.05, 0) is 53.9 Å². The van der Waals surface area contributed by atoms with Gasteiger partial charge in [0, 0.05) is 4.47 Å². The van der Waals surface area contributed by atoms with Crippen LogP contribution in [-0.4, -0.2) is 10.2 Å². The monoisotopic (exact) mass is 316 g/mol. The van der Waals surface area contributed by atoms with Crippen LogP contribution in [0.1, 0.15) is 22.4 Å². The second-order valence-electron chi connectivity index (χ2n) is 4.31. The number of anilines is 2. The summed E-state index contributed by atoms with van der Waals surface area (Å²) in [5, 5.41) is 20.5. The molecule has 2 rings (SSSR count). The average molecular weight is 317 g/mol. The molecule has 1 heterocycles. The molecule has 0 aliphatic heterocycles. The molecular weight excluding hydrogens is 304 g/mol. The molecule has 0 aliphatic rings. The normalized spacial score (nSPS) is 10.1. The van der Waals surface area contributed by atoms with E-state index in [0.29, 0.717) is 11.4 Å². The van der Waals surface area contributed by atoms with E-state index >= 15 is 0 Å². The SMILES string of the molecule is Cc1cccc(Nc2nnc(C)c(C)c2C#N)c1Br. The van der Waals surface area contributed by atoms with Crippen LogP contribution >= 0.6 is 15.9 Å². The lowest BCUT2D eigenvalue weighted by molar-refractivity contribution is 0.960. The van der Waals surface area contributed by atoms with Gasteiger partial charge in [-0.1, -0.05) is 12.1 Å². The molecule has 0 radical (unpaired) electrons. The molecule has 5 heteroatoms. The fourth-order valence-corrected chi connectivity index (χ4v) is 2.07. The summed E-state index contributed by atoms with van der Waals surface area (Å²) in [6, 6.07) is 8.06. The van der Waals surface area contributed by atoms with Crippen LogP contribution < -0.4 is 5.32 Å². The Morgan fingerprint density at radius 3 is 2.63 bits per heavy atom. The lowest BCUT2D eigenvalue weighted by atomic mass is 10.1. The summed E-state index contributed by atoms with van der Waals surface area (Å²) in [7, 11) is 0. The van der Waals surface area contributed by atoms with Gasteiger partial charge in [0.1, 0.15) is 11.6 Å². The minimum absolute atomic E-state index is 0.483. The highest BCUT2D eigenvalue weighted by molar-refractivity contribution is 9.10. The lowest BCUT2D eigenvalue weighted by Gasteiger charge is -2.12. The Bertz CT molecular complexity index is 674. The number of nitrogens with one attached hydrogen (secondary N) is 1. The van der Waals surface area contributed by atoms with Crippen molar-refractivity contribution < 1.29 is 0 Å². The standard InChI is InChI=1S/C14H13BrN4/c1-8-5-4-6-12(13(8)15)17-14-11(7-16)9(2)10(3)18-19-14/h4-6H,1-3H3,(H,17,19). The van der Waals surface area contributed by atoms with Crippen LogP contribution in [-0.2, 0) is 0 Å². The predicted octanol–water partition coefficient (Wildman–Crippen LogP) is 3.78. The highest BCUT2D eigenvalue weighted by atomic mass is 79.9. The second kappa shape index (κ2) is 5.37. The first-order valence-corrected chi connectivity index (χ1v) is 6.60. The summed E-state index contributed by atoms with van der Waals surface area (Å²) in [6.45, 7) is 5.72. The zero-order valence-electron chi connectivity index (χ0n) is 11.0. The van der Waals surface area contributed by atoms with Crippen molar-refractivity contribution in [3.8, 4) is 6.07 Å². The molecule has 0 amide bonds. The first kappa shape index (κ1) is 13.5. The number of halogens is 1. The molecule has 0 atom stereocenters. The molecule has 0 saturated heterocycles. The molecule has 0 bridgehead atoms. The van der Waals surface area contributed by atoms with Gasteiger partial charge in [0.2, 0.25) is 0 Å². The van der Waals surface area contributed by atoms with Crippen LogP contribution in [0.15, 0.2) is 22.7 Å². The summed E-state index contributed by atoms with van der Waals surface area (Å²) in [5.41, 5.74) is 4.13. The molecule has 0 aliphatic carbocycles. The van der Waals surface area contributed by atoms with Gasteiger partial charge in [-0.25, -0.2) is 0 Å². The number of aryl methyl sites for hydroxylation is 2. The molecular formula is C14H13BrN4. The van der Waals surface area contributed by atoms with Crippen molar-refractivity contribution in [2.24, 2.45) is 0 Å². The molecule has 1 aromatic heterocycles. The number of nitrogens with zero attached hydrogens (tertiary/aromatic N) is 3.